The molecule has 0 aromatic heterocycles. The van der Waals surface area contributed by atoms with Gasteiger partial charge in [0.05, 0.1) is 0 Å². The monoisotopic (exact) mass is 226 g/mol. The highest BCUT2D eigenvalue weighted by Gasteiger charge is 2.16. The molecule has 0 unspecified atom stereocenters. The Kier molecular flexibility index (Phi) is 3.79. The van der Waals surface area contributed by atoms with E-state index >= 15 is 0 Å². The molecule has 0 aliphatic carbocycles. The Morgan fingerprint density at radius 2 is 1.62 bits per heavy atom. The molecule has 0 amide bonds. The maximum atomic E-state index is 12.9. The first-order chi connectivity index (χ1) is 7.26. The molecule has 0 radical (unpaired) electrons. The van der Waals surface area contributed by atoms with E-state index < -0.39 is 11.6 Å². The first kappa shape index (κ1) is 12.8. The van der Waals surface area contributed by atoms with E-state index in [0.29, 0.717) is 12.0 Å². The fraction of sp³-hybridized carbons (Fsp3) is 0.462. The van der Waals surface area contributed by atoms with Gasteiger partial charge in [-0.3, -0.25) is 4.79 Å². The zero-order valence-corrected chi connectivity index (χ0v) is 9.81. The van der Waals surface area contributed by atoms with Crippen LogP contribution in [0, 0.1) is 17.0 Å². The number of Topliss-reactive ketones (excluding diaryl/α,β-unsaturated/α-hetero) is 1. The number of ketones is 1. The van der Waals surface area contributed by atoms with Crippen LogP contribution >= 0.6 is 0 Å². The summed E-state index contributed by atoms with van der Waals surface area (Å²) in [7, 11) is 0. The van der Waals surface area contributed by atoms with E-state index in [4.69, 9.17) is 0 Å². The molecule has 1 aromatic rings. The van der Waals surface area contributed by atoms with Crippen molar-refractivity contribution in [2.45, 2.75) is 33.6 Å². The summed E-state index contributed by atoms with van der Waals surface area (Å²) >= 11 is 0. The van der Waals surface area contributed by atoms with Gasteiger partial charge in [-0.05, 0) is 23.1 Å². The van der Waals surface area contributed by atoms with Crippen LogP contribution in [-0.2, 0) is 11.2 Å². The Morgan fingerprint density at radius 3 is 2.06 bits per heavy atom. The molecule has 0 aliphatic heterocycles. The maximum Gasteiger partial charge on any atom is 0.137 e. The molecule has 1 nitrogen and oxygen atoms in total. The molecule has 0 atom stereocenters. The van der Waals surface area contributed by atoms with Gasteiger partial charge in [-0.2, -0.15) is 0 Å². The Morgan fingerprint density at radius 1 is 1.12 bits per heavy atom. The predicted octanol–water partition coefficient (Wildman–Crippen LogP) is 3.51. The molecule has 0 spiro atoms. The fourth-order valence-corrected chi connectivity index (χ4v) is 1.59. The van der Waals surface area contributed by atoms with Crippen molar-refractivity contribution in [1.82, 2.24) is 0 Å². The van der Waals surface area contributed by atoms with Crippen molar-refractivity contribution < 1.29 is 13.6 Å². The number of halogens is 2. The lowest BCUT2D eigenvalue weighted by atomic mass is 9.88. The summed E-state index contributed by atoms with van der Waals surface area (Å²) in [5.74, 6) is -1.28. The number of carbonyl (C=O) groups is 1. The Labute approximate surface area is 94.5 Å². The summed E-state index contributed by atoms with van der Waals surface area (Å²) in [4.78, 5) is 11.6. The van der Waals surface area contributed by atoms with Crippen LogP contribution in [-0.4, -0.2) is 5.78 Å². The molecular weight excluding hydrogens is 210 g/mol. The largest absolute Gasteiger partial charge is 0.299 e. The van der Waals surface area contributed by atoms with Crippen molar-refractivity contribution in [3.8, 4) is 0 Å². The number of benzene rings is 1. The highest BCUT2D eigenvalue weighted by Crippen LogP contribution is 2.20. The lowest BCUT2D eigenvalue weighted by Crippen LogP contribution is -2.14. The minimum atomic E-state index is -0.640. The molecule has 88 valence electrons. The number of carbonyl (C=O) groups excluding carboxylic acids is 1. The molecule has 0 fully saturated rings. The molecule has 16 heavy (non-hydrogen) atoms. The van der Waals surface area contributed by atoms with Gasteiger partial charge in [0.15, 0.2) is 0 Å². The van der Waals surface area contributed by atoms with Gasteiger partial charge in [0.2, 0.25) is 0 Å². The SMILES string of the molecule is CC(C)(C)CC(=O)Cc1cc(F)cc(F)c1. The van der Waals surface area contributed by atoms with Crippen molar-refractivity contribution >= 4 is 5.78 Å². The first-order valence-corrected chi connectivity index (χ1v) is 5.23. The molecule has 0 saturated carbocycles. The molecular formula is C13H16F2O. The standard InChI is InChI=1S/C13H16F2O/c1-13(2,3)8-12(16)6-9-4-10(14)7-11(15)5-9/h4-5,7H,6,8H2,1-3H3. The molecule has 1 aromatic carbocycles. The van der Waals surface area contributed by atoms with Crippen molar-refractivity contribution in [3.05, 3.63) is 35.4 Å². The smallest absolute Gasteiger partial charge is 0.137 e. The minimum Gasteiger partial charge on any atom is -0.299 e. The zero-order valence-electron chi connectivity index (χ0n) is 9.81. The molecule has 0 heterocycles. The third-order valence-corrected chi connectivity index (χ3v) is 2.05. The molecule has 3 heteroatoms. The van der Waals surface area contributed by atoms with Crippen LogP contribution in [0.4, 0.5) is 8.78 Å². The van der Waals surface area contributed by atoms with E-state index in [9.17, 15) is 13.6 Å². The van der Waals surface area contributed by atoms with E-state index in [-0.39, 0.29) is 17.6 Å². The van der Waals surface area contributed by atoms with Crippen molar-refractivity contribution in [2.75, 3.05) is 0 Å². The highest BCUT2D eigenvalue weighted by molar-refractivity contribution is 5.81. The third-order valence-electron chi connectivity index (χ3n) is 2.05. The second-order valence-electron chi connectivity index (χ2n) is 5.23. The maximum absolute atomic E-state index is 12.9. The average molecular weight is 226 g/mol. The predicted molar refractivity (Wildman–Crippen MR) is 59.1 cm³/mol. The summed E-state index contributed by atoms with van der Waals surface area (Å²) in [6, 6.07) is 3.20. The summed E-state index contributed by atoms with van der Waals surface area (Å²) in [5.41, 5.74) is 0.301. The van der Waals surface area contributed by atoms with Gasteiger partial charge in [0.25, 0.3) is 0 Å². The molecule has 0 aliphatic rings. The number of rotatable bonds is 3. The van der Waals surface area contributed by atoms with Gasteiger partial charge in [-0.15, -0.1) is 0 Å². The third kappa shape index (κ3) is 4.51. The lowest BCUT2D eigenvalue weighted by molar-refractivity contribution is -0.120. The highest BCUT2D eigenvalue weighted by atomic mass is 19.1. The van der Waals surface area contributed by atoms with Crippen LogP contribution in [0.3, 0.4) is 0 Å². The summed E-state index contributed by atoms with van der Waals surface area (Å²) in [5, 5.41) is 0. The van der Waals surface area contributed by atoms with E-state index in [0.717, 1.165) is 6.07 Å². The van der Waals surface area contributed by atoms with Crippen LogP contribution in [0.1, 0.15) is 32.8 Å². The van der Waals surface area contributed by atoms with Crippen LogP contribution in [0.25, 0.3) is 0 Å². The Hall–Kier alpha value is -1.25. The molecule has 0 bridgehead atoms. The van der Waals surface area contributed by atoms with Crippen LogP contribution in [0.15, 0.2) is 18.2 Å². The van der Waals surface area contributed by atoms with E-state index in [1.165, 1.54) is 12.1 Å². The second-order valence-corrected chi connectivity index (χ2v) is 5.23. The second kappa shape index (κ2) is 4.73. The van der Waals surface area contributed by atoms with Gasteiger partial charge in [-0.25, -0.2) is 8.78 Å². The van der Waals surface area contributed by atoms with E-state index in [2.05, 4.69) is 0 Å². The van der Waals surface area contributed by atoms with Crippen molar-refractivity contribution in [2.24, 2.45) is 5.41 Å². The van der Waals surface area contributed by atoms with Crippen LogP contribution in [0.5, 0.6) is 0 Å². The van der Waals surface area contributed by atoms with Gasteiger partial charge >= 0.3 is 0 Å². The zero-order chi connectivity index (χ0) is 12.3. The topological polar surface area (TPSA) is 17.1 Å². The normalized spacial score (nSPS) is 11.6. The summed E-state index contributed by atoms with van der Waals surface area (Å²) < 4.78 is 25.7. The van der Waals surface area contributed by atoms with Gasteiger partial charge < -0.3 is 0 Å². The van der Waals surface area contributed by atoms with Gasteiger partial charge in [0, 0.05) is 18.9 Å². The fourth-order valence-electron chi connectivity index (χ4n) is 1.59. The Balaban J connectivity index is 2.70. The van der Waals surface area contributed by atoms with Gasteiger partial charge in [-0.1, -0.05) is 20.8 Å². The minimum absolute atomic E-state index is 0.00231. The quantitative estimate of drug-likeness (QED) is 0.770. The van der Waals surface area contributed by atoms with E-state index in [1.807, 2.05) is 20.8 Å². The van der Waals surface area contributed by atoms with Crippen molar-refractivity contribution in [3.63, 3.8) is 0 Å². The van der Waals surface area contributed by atoms with Crippen molar-refractivity contribution in [1.29, 1.82) is 0 Å². The van der Waals surface area contributed by atoms with Crippen LogP contribution in [0.2, 0.25) is 0 Å². The Bertz CT molecular complexity index is 371. The summed E-state index contributed by atoms with van der Waals surface area (Å²) in [6.45, 7) is 5.87. The van der Waals surface area contributed by atoms with Gasteiger partial charge in [0.1, 0.15) is 17.4 Å². The molecule has 0 saturated heterocycles. The van der Waals surface area contributed by atoms with E-state index in [1.54, 1.807) is 0 Å². The number of hydrogen-bond donors (Lipinski definition) is 0. The average Bonchev–Trinajstić information content (AvgIpc) is 1.96. The molecule has 0 N–H and O–H groups in total. The van der Waals surface area contributed by atoms with Crippen LogP contribution < -0.4 is 0 Å². The summed E-state index contributed by atoms with van der Waals surface area (Å²) in [6.07, 6.45) is 0.497. The lowest BCUT2D eigenvalue weighted by Gasteiger charge is -2.16. The number of hydrogen-bond acceptors (Lipinski definition) is 1. The molecule has 1 rings (SSSR count). The first-order valence-electron chi connectivity index (χ1n) is 5.23.